The summed E-state index contributed by atoms with van der Waals surface area (Å²) in [4.78, 5) is 14.0. The number of rotatable bonds is 4. The van der Waals surface area contributed by atoms with E-state index in [4.69, 9.17) is 4.74 Å². The number of nitrogens with zero attached hydrogens (tertiary/aromatic N) is 1. The summed E-state index contributed by atoms with van der Waals surface area (Å²) in [6.45, 7) is 5.07. The van der Waals surface area contributed by atoms with E-state index < -0.39 is 0 Å². The molecule has 1 amide bonds. The highest BCUT2D eigenvalue weighted by Gasteiger charge is 2.17. The molecule has 0 atom stereocenters. The minimum Gasteiger partial charge on any atom is -0.371 e. The van der Waals surface area contributed by atoms with E-state index in [9.17, 15) is 4.79 Å². The van der Waals surface area contributed by atoms with Crippen LogP contribution in [0.3, 0.4) is 0 Å². The number of carbonyl (C=O) groups is 1. The van der Waals surface area contributed by atoms with Gasteiger partial charge in [-0.2, -0.15) is 0 Å². The summed E-state index contributed by atoms with van der Waals surface area (Å²) in [5, 5.41) is 3.34. The van der Waals surface area contributed by atoms with Crippen LogP contribution in [-0.2, 0) is 9.53 Å². The lowest BCUT2D eigenvalue weighted by molar-refractivity contribution is -0.136. The fraction of sp³-hybridized carbons (Fsp3) is 0.929. The summed E-state index contributed by atoms with van der Waals surface area (Å²) >= 11 is 0. The van der Waals surface area contributed by atoms with E-state index in [1.165, 1.54) is 25.7 Å². The summed E-state index contributed by atoms with van der Waals surface area (Å²) in [5.41, 5.74) is 0. The zero-order valence-electron chi connectivity index (χ0n) is 11.3. The molecule has 0 radical (unpaired) electrons. The van der Waals surface area contributed by atoms with E-state index in [1.807, 2.05) is 4.90 Å². The first-order valence-corrected chi connectivity index (χ1v) is 7.42. The Morgan fingerprint density at radius 2 is 1.78 bits per heavy atom. The van der Waals surface area contributed by atoms with Crippen molar-refractivity contribution in [3.05, 3.63) is 0 Å². The summed E-state index contributed by atoms with van der Waals surface area (Å²) in [6.07, 6.45) is 7.19. The van der Waals surface area contributed by atoms with Crippen molar-refractivity contribution in [1.29, 1.82) is 0 Å². The molecule has 0 aliphatic carbocycles. The van der Waals surface area contributed by atoms with Crippen molar-refractivity contribution in [1.82, 2.24) is 10.2 Å². The molecule has 0 spiro atoms. The Morgan fingerprint density at radius 3 is 2.44 bits per heavy atom. The third-order valence-electron chi connectivity index (χ3n) is 4.00. The minimum absolute atomic E-state index is 0.186. The first kappa shape index (κ1) is 13.8. The third-order valence-corrected chi connectivity index (χ3v) is 4.00. The summed E-state index contributed by atoms with van der Waals surface area (Å²) in [7, 11) is 0. The van der Waals surface area contributed by atoms with Gasteiger partial charge in [0.25, 0.3) is 0 Å². The molecule has 0 saturated carbocycles. The van der Waals surface area contributed by atoms with Crippen molar-refractivity contribution in [3.8, 4) is 0 Å². The molecule has 4 nitrogen and oxygen atoms in total. The molecular weight excluding hydrogens is 228 g/mol. The molecular formula is C14H26N2O2. The predicted octanol–water partition coefficient (Wildman–Crippen LogP) is 1.41. The molecule has 2 heterocycles. The van der Waals surface area contributed by atoms with Crippen molar-refractivity contribution in [2.24, 2.45) is 5.92 Å². The van der Waals surface area contributed by atoms with E-state index in [0.29, 0.717) is 5.92 Å². The molecule has 2 aliphatic rings. The van der Waals surface area contributed by atoms with E-state index in [2.05, 4.69) is 5.32 Å². The van der Waals surface area contributed by atoms with Gasteiger partial charge in [0.2, 0.25) is 5.91 Å². The Balaban J connectivity index is 1.61. The lowest BCUT2D eigenvalue weighted by Crippen LogP contribution is -2.36. The number of hydrogen-bond donors (Lipinski definition) is 1. The summed E-state index contributed by atoms with van der Waals surface area (Å²) in [6, 6.07) is 0. The maximum Gasteiger partial charge on any atom is 0.248 e. The van der Waals surface area contributed by atoms with E-state index in [-0.39, 0.29) is 12.5 Å². The van der Waals surface area contributed by atoms with Gasteiger partial charge in [-0.1, -0.05) is 12.8 Å². The smallest absolute Gasteiger partial charge is 0.248 e. The second-order valence-electron chi connectivity index (χ2n) is 5.50. The fourth-order valence-electron chi connectivity index (χ4n) is 2.77. The van der Waals surface area contributed by atoms with Crippen molar-refractivity contribution in [2.45, 2.75) is 38.5 Å². The lowest BCUT2D eigenvalue weighted by atomic mass is 9.99. The van der Waals surface area contributed by atoms with Crippen LogP contribution in [0.1, 0.15) is 38.5 Å². The summed E-state index contributed by atoms with van der Waals surface area (Å²) in [5.74, 6) is 0.828. The maximum absolute atomic E-state index is 12.0. The van der Waals surface area contributed by atoms with Gasteiger partial charge < -0.3 is 15.0 Å². The number of likely N-dealkylation sites (tertiary alicyclic amines) is 1. The average Bonchev–Trinajstić information content (AvgIpc) is 2.69. The lowest BCUT2D eigenvalue weighted by Gasteiger charge is -2.24. The zero-order valence-corrected chi connectivity index (χ0v) is 11.3. The third kappa shape index (κ3) is 4.58. The van der Waals surface area contributed by atoms with E-state index in [1.54, 1.807) is 0 Å². The van der Waals surface area contributed by atoms with Crippen LogP contribution in [0.5, 0.6) is 0 Å². The van der Waals surface area contributed by atoms with Gasteiger partial charge in [0.05, 0.1) is 6.61 Å². The topological polar surface area (TPSA) is 41.6 Å². The normalized spacial score (nSPS) is 22.8. The van der Waals surface area contributed by atoms with Gasteiger partial charge in [0.15, 0.2) is 0 Å². The molecule has 0 aromatic carbocycles. The molecule has 104 valence electrons. The Labute approximate surface area is 110 Å². The quantitative estimate of drug-likeness (QED) is 0.824. The molecule has 2 fully saturated rings. The van der Waals surface area contributed by atoms with Crippen molar-refractivity contribution >= 4 is 5.91 Å². The summed E-state index contributed by atoms with van der Waals surface area (Å²) < 4.78 is 5.61. The second kappa shape index (κ2) is 7.74. The van der Waals surface area contributed by atoms with Gasteiger partial charge in [0, 0.05) is 13.1 Å². The van der Waals surface area contributed by atoms with E-state index >= 15 is 0 Å². The van der Waals surface area contributed by atoms with Crippen molar-refractivity contribution in [3.63, 3.8) is 0 Å². The SMILES string of the molecule is O=C(COCC1CCNCC1)N1CCCCCC1. The van der Waals surface area contributed by atoms with Crippen LogP contribution in [0.15, 0.2) is 0 Å². The highest BCUT2D eigenvalue weighted by molar-refractivity contribution is 5.77. The largest absolute Gasteiger partial charge is 0.371 e. The molecule has 2 saturated heterocycles. The van der Waals surface area contributed by atoms with Crippen molar-refractivity contribution in [2.75, 3.05) is 39.4 Å². The minimum atomic E-state index is 0.186. The zero-order chi connectivity index (χ0) is 12.6. The molecule has 2 aliphatic heterocycles. The second-order valence-corrected chi connectivity index (χ2v) is 5.50. The number of hydrogen-bond acceptors (Lipinski definition) is 3. The monoisotopic (exact) mass is 254 g/mol. The van der Waals surface area contributed by atoms with Crippen LogP contribution in [0.25, 0.3) is 0 Å². The first-order chi connectivity index (χ1) is 8.86. The van der Waals surface area contributed by atoms with E-state index in [0.717, 1.165) is 45.6 Å². The maximum atomic E-state index is 12.0. The standard InChI is InChI=1S/C14H26N2O2/c17-14(16-9-3-1-2-4-10-16)12-18-11-13-5-7-15-8-6-13/h13,15H,1-12H2. The van der Waals surface area contributed by atoms with Crippen LogP contribution >= 0.6 is 0 Å². The van der Waals surface area contributed by atoms with Gasteiger partial charge >= 0.3 is 0 Å². The fourth-order valence-corrected chi connectivity index (χ4v) is 2.77. The molecule has 2 rings (SSSR count). The highest BCUT2D eigenvalue weighted by Crippen LogP contribution is 2.12. The van der Waals surface area contributed by atoms with Crippen molar-refractivity contribution < 1.29 is 9.53 Å². The molecule has 0 aromatic rings. The van der Waals surface area contributed by atoms with Gasteiger partial charge in [0.1, 0.15) is 6.61 Å². The first-order valence-electron chi connectivity index (χ1n) is 7.42. The Morgan fingerprint density at radius 1 is 1.11 bits per heavy atom. The molecule has 18 heavy (non-hydrogen) atoms. The Bertz CT molecular complexity index is 244. The van der Waals surface area contributed by atoms with Crippen LogP contribution in [0.4, 0.5) is 0 Å². The molecule has 0 unspecified atom stereocenters. The van der Waals surface area contributed by atoms with Gasteiger partial charge in [-0.15, -0.1) is 0 Å². The number of carbonyl (C=O) groups excluding carboxylic acids is 1. The van der Waals surface area contributed by atoms with Crippen LogP contribution in [0.2, 0.25) is 0 Å². The van der Waals surface area contributed by atoms with Gasteiger partial charge in [-0.05, 0) is 44.7 Å². The molecule has 1 N–H and O–H groups in total. The Hall–Kier alpha value is -0.610. The number of ether oxygens (including phenoxy) is 1. The molecule has 0 bridgehead atoms. The Kier molecular flexibility index (Phi) is 5.94. The number of nitrogens with one attached hydrogen (secondary N) is 1. The predicted molar refractivity (Wildman–Crippen MR) is 71.5 cm³/mol. The number of piperidine rings is 1. The van der Waals surface area contributed by atoms with Gasteiger partial charge in [-0.3, -0.25) is 4.79 Å². The van der Waals surface area contributed by atoms with Crippen LogP contribution in [-0.4, -0.2) is 50.2 Å². The van der Waals surface area contributed by atoms with Gasteiger partial charge in [-0.25, -0.2) is 0 Å². The van der Waals surface area contributed by atoms with Crippen LogP contribution in [0, 0.1) is 5.92 Å². The van der Waals surface area contributed by atoms with Crippen LogP contribution < -0.4 is 5.32 Å². The highest BCUT2D eigenvalue weighted by atomic mass is 16.5. The molecule has 4 heteroatoms. The molecule has 0 aromatic heterocycles. The average molecular weight is 254 g/mol. The number of amides is 1.